The number of hydrogen-bond acceptors (Lipinski definition) is 5. The maximum atomic E-state index is 16.1. The van der Waals surface area contributed by atoms with E-state index in [2.05, 4.69) is 237 Å². The van der Waals surface area contributed by atoms with Gasteiger partial charge in [0.15, 0.2) is 23.3 Å². The van der Waals surface area contributed by atoms with Gasteiger partial charge in [0, 0.05) is 69.2 Å². The highest BCUT2D eigenvalue weighted by molar-refractivity contribution is 6.08. The highest BCUT2D eigenvalue weighted by Crippen LogP contribution is 2.60. The Balaban J connectivity index is 0.749. The Morgan fingerprint density at radius 1 is 0.330 bits per heavy atom. The molecule has 570 valence electrons. The summed E-state index contributed by atoms with van der Waals surface area (Å²) in [5.41, 5.74) is 22.7. The summed E-state index contributed by atoms with van der Waals surface area (Å²) in [5, 5.41) is 1.62. The number of nitrogens with zero attached hydrogens (tertiary/aromatic N) is 2. The molecule has 2 aliphatic rings. The fraction of sp³-hybridized carbons (Fsp3) is 0.170. The first kappa shape index (κ1) is 75.0. The van der Waals surface area contributed by atoms with E-state index in [1.54, 1.807) is 12.1 Å². The third-order valence-corrected chi connectivity index (χ3v) is 23.5. The van der Waals surface area contributed by atoms with Gasteiger partial charge in [-0.2, -0.15) is 0 Å². The van der Waals surface area contributed by atoms with Crippen molar-refractivity contribution in [2.45, 2.75) is 102 Å². The molecule has 0 aliphatic heterocycles. The van der Waals surface area contributed by atoms with Gasteiger partial charge in [-0.05, 0) is 247 Å². The monoisotopic (exact) mass is 1510 g/mol. The third-order valence-electron chi connectivity index (χ3n) is 23.5. The molecule has 14 aromatic carbocycles. The normalized spacial score (nSPS) is 14.8. The fourth-order valence-electron chi connectivity index (χ4n) is 17.5. The first-order chi connectivity index (χ1) is 55.8. The van der Waals surface area contributed by atoms with Crippen LogP contribution in [0.15, 0.2) is 321 Å². The van der Waals surface area contributed by atoms with Crippen LogP contribution in [0.2, 0.25) is 0 Å². The molecule has 115 heavy (non-hydrogen) atoms. The topological polar surface area (TPSA) is 38.1 Å². The number of rotatable bonds is 24. The molecule has 9 heteroatoms. The van der Waals surface area contributed by atoms with E-state index in [1.807, 2.05) is 107 Å². The van der Waals surface area contributed by atoms with Gasteiger partial charge in [-0.25, -0.2) is 17.6 Å². The third kappa shape index (κ3) is 14.0. The van der Waals surface area contributed by atoms with Crippen molar-refractivity contribution >= 4 is 68.2 Å². The number of anilines is 6. The molecule has 0 saturated heterocycles. The van der Waals surface area contributed by atoms with Crippen LogP contribution in [0.5, 0.6) is 11.5 Å². The Morgan fingerprint density at radius 2 is 0.661 bits per heavy atom. The van der Waals surface area contributed by atoms with Crippen LogP contribution in [0, 0.1) is 23.3 Å². The van der Waals surface area contributed by atoms with E-state index in [0.717, 1.165) is 139 Å². The molecule has 0 N–H and O–H groups in total. The first-order valence-corrected chi connectivity index (χ1v) is 39.9. The Labute approximate surface area is 671 Å². The smallest absolute Gasteiger partial charge is 0.160 e. The predicted molar refractivity (Wildman–Crippen MR) is 465 cm³/mol. The minimum Gasteiger partial charge on any atom is -0.494 e. The molecule has 0 spiro atoms. The number of halogens is 4. The van der Waals surface area contributed by atoms with Crippen molar-refractivity contribution in [1.82, 2.24) is 0 Å². The number of benzene rings is 14. The van der Waals surface area contributed by atoms with Gasteiger partial charge in [0.1, 0.15) is 22.7 Å². The van der Waals surface area contributed by atoms with E-state index in [1.165, 1.54) is 46.5 Å². The molecule has 0 amide bonds. The lowest BCUT2D eigenvalue weighted by Crippen LogP contribution is -2.29. The predicted octanol–water partition coefficient (Wildman–Crippen LogP) is 28.5. The number of ether oxygens (including phenoxy) is 2. The SMILES string of the molecule is C=Cc1ccc(OCCCCc2ccc(C3(c4ccc(C(C)(C)C)cc4)c4ccccc4-c4ccc(N(c5ccc(F)c(F)c5)c5ccc6c(c5)oc5cc(N(c7ccc(F)c(F)c7)c7ccc8c(c7)C(c7ccc(CCCCOc9ccc(C=C)cc9)cc7)(c7ccc(C(C)(C)C)cc7)c7ccccc7-8)ccc56)cc43)cc2)cc1. The van der Waals surface area contributed by atoms with E-state index >= 15 is 17.6 Å². The summed E-state index contributed by atoms with van der Waals surface area (Å²) in [6, 6.07) is 102. The molecular formula is C106H90F4N2O3. The van der Waals surface area contributed by atoms with Gasteiger partial charge in [-0.3, -0.25) is 0 Å². The van der Waals surface area contributed by atoms with Crippen LogP contribution in [-0.2, 0) is 34.5 Å². The Hall–Kier alpha value is -12.7. The molecule has 1 aromatic heterocycles. The Kier molecular flexibility index (Phi) is 20.0. The van der Waals surface area contributed by atoms with E-state index in [0.29, 0.717) is 58.5 Å². The summed E-state index contributed by atoms with van der Waals surface area (Å²) < 4.78 is 82.2. The Bertz CT molecular complexity index is 5780. The number of unbranched alkanes of at least 4 members (excludes halogenated alkanes) is 2. The molecule has 17 rings (SSSR count). The quantitative estimate of drug-likeness (QED) is 0.0445. The van der Waals surface area contributed by atoms with Crippen molar-refractivity contribution in [2.75, 3.05) is 23.0 Å². The van der Waals surface area contributed by atoms with Crippen molar-refractivity contribution in [2.24, 2.45) is 0 Å². The molecule has 0 saturated carbocycles. The summed E-state index contributed by atoms with van der Waals surface area (Å²) in [5.74, 6) is -2.21. The van der Waals surface area contributed by atoms with Crippen LogP contribution in [0.25, 0.3) is 56.3 Å². The molecule has 0 fully saturated rings. The van der Waals surface area contributed by atoms with Gasteiger partial charge < -0.3 is 23.7 Å². The van der Waals surface area contributed by atoms with Gasteiger partial charge in [0.2, 0.25) is 0 Å². The van der Waals surface area contributed by atoms with Crippen LogP contribution < -0.4 is 19.3 Å². The zero-order valence-corrected chi connectivity index (χ0v) is 65.7. The van der Waals surface area contributed by atoms with Crippen LogP contribution in [0.1, 0.15) is 145 Å². The zero-order valence-electron chi connectivity index (χ0n) is 65.7. The second-order valence-electron chi connectivity index (χ2n) is 32.6. The molecule has 0 bridgehead atoms. The summed E-state index contributed by atoms with van der Waals surface area (Å²) >= 11 is 0. The van der Waals surface area contributed by atoms with Gasteiger partial charge in [-0.1, -0.05) is 249 Å². The second-order valence-corrected chi connectivity index (χ2v) is 32.6. The highest BCUT2D eigenvalue weighted by Gasteiger charge is 2.49. The van der Waals surface area contributed by atoms with Gasteiger partial charge in [-0.15, -0.1) is 0 Å². The number of aryl methyl sites for hydroxylation is 2. The van der Waals surface area contributed by atoms with Crippen molar-refractivity contribution in [1.29, 1.82) is 0 Å². The Morgan fingerprint density at radius 3 is 1.03 bits per heavy atom. The molecule has 2 unspecified atom stereocenters. The van der Waals surface area contributed by atoms with Gasteiger partial charge in [0.05, 0.1) is 24.0 Å². The van der Waals surface area contributed by atoms with Crippen molar-refractivity contribution in [3.05, 3.63) is 418 Å². The average molecular weight is 1520 g/mol. The number of furan rings is 1. The molecule has 0 radical (unpaired) electrons. The molecule has 2 atom stereocenters. The van der Waals surface area contributed by atoms with Gasteiger partial charge >= 0.3 is 0 Å². The summed E-state index contributed by atoms with van der Waals surface area (Å²) in [4.78, 5) is 3.93. The molecule has 15 aromatic rings. The number of hydrogen-bond donors (Lipinski definition) is 0. The van der Waals surface area contributed by atoms with Gasteiger partial charge in [0.25, 0.3) is 0 Å². The van der Waals surface area contributed by atoms with E-state index in [4.69, 9.17) is 13.9 Å². The van der Waals surface area contributed by atoms with Crippen molar-refractivity contribution in [3.63, 3.8) is 0 Å². The van der Waals surface area contributed by atoms with Crippen LogP contribution in [-0.4, -0.2) is 13.2 Å². The average Bonchev–Trinajstić information content (AvgIpc) is 1.55. The maximum Gasteiger partial charge on any atom is 0.160 e. The number of fused-ring (bicyclic) bond motifs is 9. The summed E-state index contributed by atoms with van der Waals surface area (Å²) in [6.07, 6.45) is 9.10. The van der Waals surface area contributed by atoms with Crippen LogP contribution >= 0.6 is 0 Å². The fourth-order valence-corrected chi connectivity index (χ4v) is 17.5. The zero-order chi connectivity index (χ0) is 79.3. The molecule has 5 nitrogen and oxygen atoms in total. The van der Waals surface area contributed by atoms with E-state index in [9.17, 15) is 0 Å². The van der Waals surface area contributed by atoms with Crippen molar-refractivity contribution in [3.8, 4) is 33.8 Å². The first-order valence-electron chi connectivity index (χ1n) is 39.9. The van der Waals surface area contributed by atoms with Crippen LogP contribution in [0.4, 0.5) is 51.7 Å². The maximum absolute atomic E-state index is 16.1. The van der Waals surface area contributed by atoms with Crippen LogP contribution in [0.3, 0.4) is 0 Å². The lowest BCUT2D eigenvalue weighted by atomic mass is 9.67. The highest BCUT2D eigenvalue weighted by atomic mass is 19.2. The van der Waals surface area contributed by atoms with E-state index in [-0.39, 0.29) is 10.8 Å². The minimum absolute atomic E-state index is 0.105. The summed E-state index contributed by atoms with van der Waals surface area (Å²) in [7, 11) is 0. The lowest BCUT2D eigenvalue weighted by Gasteiger charge is -2.35. The lowest BCUT2D eigenvalue weighted by molar-refractivity contribution is 0.307. The van der Waals surface area contributed by atoms with E-state index < -0.39 is 34.1 Å². The molecule has 1 heterocycles. The minimum atomic E-state index is -0.989. The largest absolute Gasteiger partial charge is 0.494 e. The molecular weight excluding hydrogens is 1430 g/mol. The standard InChI is InChI=1S/C106H90F4N2O3/c1-9-69-29-51-85(52-30-69)113-61-17-15-19-71-25-33-75(34-26-71)105(77-41-37-73(38-42-77)103(3,4)5)93-23-13-11-21-87(93)89-55-45-79(63-95(89)105)111(81-49-59-97(107)99(109)65-81)83-47-57-91-92-58-48-84(68-102(92)115-101(91)67-83)112(82-50-60-98(108)100(110)66-82)80-46-56-90-88-22-12-14-24-94(88)106(96(90)64-80,78-43-39-74(40-44-78)104(6,7)8)76-35-27-72(28-36-76)20-16-18-62-114-86-53-31-70(10-2)32-54-86/h9-14,21-60,63-68H,1-2,15-20,61-62H2,3-8H3. The van der Waals surface area contributed by atoms with Crippen molar-refractivity contribution < 1.29 is 31.5 Å². The second kappa shape index (κ2) is 30.7. The summed E-state index contributed by atoms with van der Waals surface area (Å²) in [6.45, 7) is 22.4. The molecule has 2 aliphatic carbocycles.